The minimum Gasteiger partial charge on any atom is -0.341 e. The summed E-state index contributed by atoms with van der Waals surface area (Å²) in [5.74, 6) is 1.25. The molecule has 42 heavy (non-hydrogen) atoms. The number of rotatable bonds is 4. The molecule has 0 aliphatic carbocycles. The maximum atomic E-state index is 14.2. The first kappa shape index (κ1) is 30.0. The van der Waals surface area contributed by atoms with E-state index < -0.39 is 0 Å². The molecule has 2 aromatic carbocycles. The number of aromatic nitrogens is 2. The van der Waals surface area contributed by atoms with E-state index in [1.165, 1.54) is 5.56 Å². The van der Waals surface area contributed by atoms with E-state index in [4.69, 9.17) is 16.6 Å². The van der Waals surface area contributed by atoms with Gasteiger partial charge in [-0.2, -0.15) is 0 Å². The van der Waals surface area contributed by atoms with Gasteiger partial charge in [0, 0.05) is 70.5 Å². The van der Waals surface area contributed by atoms with E-state index in [2.05, 4.69) is 33.8 Å². The summed E-state index contributed by atoms with van der Waals surface area (Å²) in [4.78, 5) is 44.6. The number of carbonyl (C=O) groups excluding carboxylic acids is 2. The zero-order valence-corrected chi connectivity index (χ0v) is 25.7. The molecule has 0 spiro atoms. The van der Waals surface area contributed by atoms with Crippen LogP contribution in [0.1, 0.15) is 60.3 Å². The molecule has 9 heteroatoms. The Morgan fingerprint density at radius 3 is 2.45 bits per heavy atom. The van der Waals surface area contributed by atoms with E-state index in [1.54, 1.807) is 18.0 Å². The number of fused-ring (bicyclic) bond motifs is 1. The Labute approximate surface area is 254 Å². The molecule has 2 aliphatic heterocycles. The highest BCUT2D eigenvalue weighted by Gasteiger charge is 2.26. The lowest BCUT2D eigenvalue weighted by atomic mass is 10.00. The number of nitrogens with zero attached hydrogens (tertiary/aromatic N) is 6. The third-order valence-electron chi connectivity index (χ3n) is 8.42. The largest absolute Gasteiger partial charge is 0.341 e. The van der Waals surface area contributed by atoms with Gasteiger partial charge < -0.3 is 14.7 Å². The molecular formula is C33H41ClN6O2. The normalized spacial score (nSPS) is 17.5. The van der Waals surface area contributed by atoms with Crippen molar-refractivity contribution in [1.82, 2.24) is 19.8 Å². The fourth-order valence-corrected chi connectivity index (χ4v) is 6.02. The van der Waals surface area contributed by atoms with Crippen LogP contribution < -0.4 is 9.80 Å². The van der Waals surface area contributed by atoms with Crippen molar-refractivity contribution in [3.05, 3.63) is 82.1 Å². The number of carbonyl (C=O) groups is 2. The van der Waals surface area contributed by atoms with E-state index in [0.717, 1.165) is 56.7 Å². The van der Waals surface area contributed by atoms with Gasteiger partial charge in [-0.25, -0.2) is 9.97 Å². The smallest absolute Gasteiger partial charge is 0.257 e. The predicted molar refractivity (Wildman–Crippen MR) is 168 cm³/mol. The van der Waals surface area contributed by atoms with Gasteiger partial charge >= 0.3 is 0 Å². The van der Waals surface area contributed by atoms with E-state index in [1.807, 2.05) is 48.2 Å². The molecule has 1 fully saturated rings. The summed E-state index contributed by atoms with van der Waals surface area (Å²) in [5, 5.41) is 0.561. The Bertz CT molecular complexity index is 1390. The van der Waals surface area contributed by atoms with Gasteiger partial charge in [-0.15, -0.1) is 0 Å². The lowest BCUT2D eigenvalue weighted by molar-refractivity contribution is -0.116. The lowest BCUT2D eigenvalue weighted by Crippen LogP contribution is -2.39. The minimum atomic E-state index is -0.111. The Morgan fingerprint density at radius 1 is 0.976 bits per heavy atom. The summed E-state index contributed by atoms with van der Waals surface area (Å²) in [6.45, 7) is 11.3. The standard InChI is InChI=1S/C33H41ClN6O2/c1-24-12-16-38(17-13-24)33-35-21-30(25(2)36-33)32(42)39-19-18-37(22-27-8-5-4-6-9-27)14-7-15-40(26(3)41)31-20-29(34)11-10-28(31)23-39/h4-6,8-11,20-21,24H,7,12-19,22-23H2,1-3H3. The van der Waals surface area contributed by atoms with Gasteiger partial charge in [-0.1, -0.05) is 54.9 Å². The average molecular weight is 589 g/mol. The quantitative estimate of drug-likeness (QED) is 0.396. The van der Waals surface area contributed by atoms with Gasteiger partial charge in [-0.3, -0.25) is 14.5 Å². The van der Waals surface area contributed by atoms with E-state index in [9.17, 15) is 9.59 Å². The maximum absolute atomic E-state index is 14.2. The number of piperidine rings is 1. The molecule has 222 valence electrons. The molecule has 0 N–H and O–H groups in total. The number of benzene rings is 2. The topological polar surface area (TPSA) is 72.9 Å². The number of hydrogen-bond donors (Lipinski definition) is 0. The molecule has 1 saturated heterocycles. The van der Waals surface area contributed by atoms with Crippen molar-refractivity contribution in [2.24, 2.45) is 5.92 Å². The summed E-state index contributed by atoms with van der Waals surface area (Å²) in [5.41, 5.74) is 4.05. The van der Waals surface area contributed by atoms with Crippen molar-refractivity contribution in [3.8, 4) is 0 Å². The summed E-state index contributed by atoms with van der Waals surface area (Å²) in [6, 6.07) is 16.0. The van der Waals surface area contributed by atoms with Crippen LogP contribution in [0, 0.1) is 12.8 Å². The first-order valence-electron chi connectivity index (χ1n) is 15.0. The van der Waals surface area contributed by atoms with Crippen LogP contribution in [0.25, 0.3) is 0 Å². The van der Waals surface area contributed by atoms with Crippen LogP contribution in [0.4, 0.5) is 11.6 Å². The molecule has 0 radical (unpaired) electrons. The van der Waals surface area contributed by atoms with Gasteiger partial charge in [0.25, 0.3) is 5.91 Å². The van der Waals surface area contributed by atoms with Gasteiger partial charge in [0.15, 0.2) is 0 Å². The third-order valence-corrected chi connectivity index (χ3v) is 8.66. The third kappa shape index (κ3) is 7.28. The first-order valence-corrected chi connectivity index (χ1v) is 15.4. The monoisotopic (exact) mass is 588 g/mol. The summed E-state index contributed by atoms with van der Waals surface area (Å²) < 4.78 is 0. The highest BCUT2D eigenvalue weighted by atomic mass is 35.5. The molecule has 0 saturated carbocycles. The molecule has 3 heterocycles. The molecule has 1 aromatic heterocycles. The second-order valence-corrected chi connectivity index (χ2v) is 12.1. The van der Waals surface area contributed by atoms with Crippen molar-refractivity contribution in [2.45, 2.75) is 53.1 Å². The van der Waals surface area contributed by atoms with Crippen molar-refractivity contribution >= 4 is 35.1 Å². The van der Waals surface area contributed by atoms with Crippen LogP contribution in [0.3, 0.4) is 0 Å². The molecule has 5 rings (SSSR count). The Morgan fingerprint density at radius 2 is 1.74 bits per heavy atom. The van der Waals surface area contributed by atoms with Gasteiger partial charge in [-0.05, 0) is 55.4 Å². The van der Waals surface area contributed by atoms with Gasteiger partial charge in [0.2, 0.25) is 11.9 Å². The summed E-state index contributed by atoms with van der Waals surface area (Å²) in [6.07, 6.45) is 4.74. The molecule has 8 nitrogen and oxygen atoms in total. The Kier molecular flexibility index (Phi) is 9.75. The number of anilines is 2. The van der Waals surface area contributed by atoms with Gasteiger partial charge in [0.1, 0.15) is 0 Å². The Hall–Kier alpha value is -3.49. The van der Waals surface area contributed by atoms with Crippen LogP contribution in [-0.4, -0.2) is 70.9 Å². The zero-order chi connectivity index (χ0) is 29.6. The molecule has 0 unspecified atom stereocenters. The SMILES string of the molecule is CC(=O)N1CCCN(Cc2ccccc2)CCN(C(=O)c2cnc(N3CCC(C)CC3)nc2C)Cc2ccc(Cl)cc21. The number of halogens is 1. The van der Waals surface area contributed by atoms with Gasteiger partial charge in [0.05, 0.1) is 16.9 Å². The Balaban J connectivity index is 1.45. The molecular weight excluding hydrogens is 548 g/mol. The second-order valence-electron chi connectivity index (χ2n) is 11.6. The molecule has 0 atom stereocenters. The van der Waals surface area contributed by atoms with Crippen molar-refractivity contribution < 1.29 is 9.59 Å². The van der Waals surface area contributed by atoms with Crippen LogP contribution >= 0.6 is 11.6 Å². The van der Waals surface area contributed by atoms with E-state index in [0.29, 0.717) is 54.3 Å². The fraction of sp³-hybridized carbons (Fsp3) is 0.455. The molecule has 2 amide bonds. The number of aryl methyl sites for hydroxylation is 1. The van der Waals surface area contributed by atoms with Crippen LogP contribution in [0.5, 0.6) is 0 Å². The predicted octanol–water partition coefficient (Wildman–Crippen LogP) is 5.58. The van der Waals surface area contributed by atoms with Crippen LogP contribution in [0.2, 0.25) is 5.02 Å². The van der Waals surface area contributed by atoms with E-state index in [-0.39, 0.29) is 11.8 Å². The maximum Gasteiger partial charge on any atom is 0.257 e. The highest BCUT2D eigenvalue weighted by Crippen LogP contribution is 2.28. The number of hydrogen-bond acceptors (Lipinski definition) is 6. The van der Waals surface area contributed by atoms with Crippen LogP contribution in [0.15, 0.2) is 54.7 Å². The van der Waals surface area contributed by atoms with Crippen molar-refractivity contribution in [2.75, 3.05) is 49.1 Å². The fourth-order valence-electron chi connectivity index (χ4n) is 5.85. The molecule has 3 aromatic rings. The number of amides is 2. The first-order chi connectivity index (χ1) is 20.3. The zero-order valence-electron chi connectivity index (χ0n) is 24.9. The summed E-state index contributed by atoms with van der Waals surface area (Å²) in [7, 11) is 0. The lowest BCUT2D eigenvalue weighted by Gasteiger charge is -2.31. The van der Waals surface area contributed by atoms with Crippen LogP contribution in [-0.2, 0) is 17.9 Å². The average Bonchev–Trinajstić information content (AvgIpc) is 3.01. The van der Waals surface area contributed by atoms with E-state index >= 15 is 0 Å². The molecule has 0 bridgehead atoms. The molecule has 2 aliphatic rings. The second kappa shape index (κ2) is 13.7. The van der Waals surface area contributed by atoms with Crippen molar-refractivity contribution in [3.63, 3.8) is 0 Å². The minimum absolute atomic E-state index is 0.0443. The highest BCUT2D eigenvalue weighted by molar-refractivity contribution is 6.31. The summed E-state index contributed by atoms with van der Waals surface area (Å²) >= 11 is 6.41. The van der Waals surface area contributed by atoms with Crippen molar-refractivity contribution in [1.29, 1.82) is 0 Å².